The Morgan fingerprint density at radius 1 is 1.11 bits per heavy atom. The van der Waals surface area contributed by atoms with E-state index in [0.717, 1.165) is 44.9 Å². The summed E-state index contributed by atoms with van der Waals surface area (Å²) in [6, 6.07) is 0. The highest BCUT2D eigenvalue weighted by molar-refractivity contribution is 8.07. The second-order valence-corrected chi connectivity index (χ2v) is 9.41. The van der Waals surface area contributed by atoms with Crippen LogP contribution >= 0.6 is 0 Å². The number of hydrogen-bond donors (Lipinski definition) is 0. The molecule has 0 aliphatic heterocycles. The summed E-state index contributed by atoms with van der Waals surface area (Å²) in [7, 11) is -4.48. The molecule has 18 heavy (non-hydrogen) atoms. The summed E-state index contributed by atoms with van der Waals surface area (Å²) in [5.41, 5.74) is 0. The van der Waals surface area contributed by atoms with Crippen molar-refractivity contribution in [1.29, 1.82) is 0 Å². The fourth-order valence-corrected chi connectivity index (χ4v) is 7.03. The van der Waals surface area contributed by atoms with E-state index < -0.39 is 20.6 Å². The molecular formula is C13H22O3S2. The Hall–Kier alpha value is -0.160. The van der Waals surface area contributed by atoms with E-state index in [1.165, 1.54) is 6.42 Å². The number of rotatable bonds is 4. The summed E-state index contributed by atoms with van der Waals surface area (Å²) in [4.78, 5) is 0.540. The van der Waals surface area contributed by atoms with Crippen LogP contribution in [0, 0.1) is 0 Å². The summed E-state index contributed by atoms with van der Waals surface area (Å²) in [6.07, 6.45) is 10.6. The molecule has 104 valence electrons. The highest BCUT2D eigenvalue weighted by atomic mass is 32.3. The topological polar surface area (TPSA) is 51.2 Å². The van der Waals surface area contributed by atoms with Gasteiger partial charge in [-0.25, -0.2) is 8.42 Å². The molecule has 0 radical (unpaired) electrons. The Morgan fingerprint density at radius 2 is 1.83 bits per heavy atom. The predicted octanol–water partition coefficient (Wildman–Crippen LogP) is 2.90. The van der Waals surface area contributed by atoms with Crippen molar-refractivity contribution in [2.45, 2.75) is 63.0 Å². The van der Waals surface area contributed by atoms with Crippen molar-refractivity contribution >= 4 is 20.6 Å². The molecule has 0 saturated heterocycles. The first-order valence-electron chi connectivity index (χ1n) is 6.88. The van der Waals surface area contributed by atoms with E-state index in [4.69, 9.17) is 0 Å². The molecule has 2 aliphatic rings. The van der Waals surface area contributed by atoms with Crippen molar-refractivity contribution in [2.24, 2.45) is 0 Å². The van der Waals surface area contributed by atoms with Gasteiger partial charge in [0.05, 0.1) is 0 Å². The van der Waals surface area contributed by atoms with Crippen molar-refractivity contribution in [1.82, 2.24) is 0 Å². The molecule has 1 unspecified atom stereocenters. The lowest BCUT2D eigenvalue weighted by atomic mass is 10.0. The number of sulfone groups is 1. The second-order valence-electron chi connectivity index (χ2n) is 5.29. The Labute approximate surface area is 112 Å². The first-order chi connectivity index (χ1) is 8.59. The lowest BCUT2D eigenvalue weighted by molar-refractivity contribution is 0.505. The molecule has 0 aromatic heterocycles. The molecule has 0 aromatic rings. The normalized spacial score (nSPS) is 24.6. The van der Waals surface area contributed by atoms with Gasteiger partial charge in [-0.1, -0.05) is 25.3 Å². The van der Waals surface area contributed by atoms with Gasteiger partial charge >= 0.3 is 0 Å². The van der Waals surface area contributed by atoms with Gasteiger partial charge < -0.3 is 0 Å². The molecule has 3 nitrogen and oxygen atoms in total. The van der Waals surface area contributed by atoms with Crippen LogP contribution in [0.25, 0.3) is 0 Å². The quantitative estimate of drug-likeness (QED) is 0.800. The van der Waals surface area contributed by atoms with Gasteiger partial charge in [0.1, 0.15) is 5.08 Å². The average molecular weight is 290 g/mol. The smallest absolute Gasteiger partial charge is 0.186 e. The fraction of sp³-hybridized carbons (Fsp3) is 0.846. The van der Waals surface area contributed by atoms with Gasteiger partial charge in [0, 0.05) is 21.0 Å². The molecule has 5 heteroatoms. The Bertz CT molecular complexity index is 431. The average Bonchev–Trinajstić information content (AvgIpc) is 2.40. The Morgan fingerprint density at radius 3 is 2.44 bits per heavy atom. The maximum Gasteiger partial charge on any atom is 0.186 e. The third kappa shape index (κ3) is 3.67. The first-order valence-corrected chi connectivity index (χ1v) is 9.92. The third-order valence-electron chi connectivity index (χ3n) is 3.84. The molecular weight excluding hydrogens is 268 g/mol. The zero-order valence-corrected chi connectivity index (χ0v) is 12.4. The van der Waals surface area contributed by atoms with Crippen LogP contribution in [0.3, 0.4) is 0 Å². The van der Waals surface area contributed by atoms with Crippen molar-refractivity contribution in [3.63, 3.8) is 0 Å². The van der Waals surface area contributed by atoms with E-state index in [-0.39, 0.29) is 10.3 Å². The number of hydrogen-bond acceptors (Lipinski definition) is 3. The van der Waals surface area contributed by atoms with Gasteiger partial charge in [0.25, 0.3) is 0 Å². The molecule has 0 amide bonds. The van der Waals surface area contributed by atoms with E-state index in [0.29, 0.717) is 11.3 Å². The summed E-state index contributed by atoms with van der Waals surface area (Å²) < 4.78 is 36.5. The predicted molar refractivity (Wildman–Crippen MR) is 75.4 cm³/mol. The second kappa shape index (κ2) is 6.33. The van der Waals surface area contributed by atoms with Crippen molar-refractivity contribution in [2.75, 3.05) is 5.08 Å². The van der Waals surface area contributed by atoms with Crippen LogP contribution in [0.15, 0.2) is 11.0 Å². The monoisotopic (exact) mass is 290 g/mol. The summed E-state index contributed by atoms with van der Waals surface area (Å²) in [5, 5.41) is -0.0403. The van der Waals surface area contributed by atoms with E-state index in [1.54, 1.807) is 0 Å². The van der Waals surface area contributed by atoms with Crippen molar-refractivity contribution in [3.05, 3.63) is 11.0 Å². The maximum atomic E-state index is 12.2. The van der Waals surface area contributed by atoms with Crippen molar-refractivity contribution in [3.8, 4) is 0 Å². The van der Waals surface area contributed by atoms with Crippen LogP contribution in [-0.4, -0.2) is 23.0 Å². The highest BCUT2D eigenvalue weighted by Crippen LogP contribution is 2.27. The van der Waals surface area contributed by atoms with E-state index in [2.05, 4.69) is 0 Å². The molecule has 2 aliphatic carbocycles. The lowest BCUT2D eigenvalue weighted by Crippen LogP contribution is -2.25. The molecule has 1 saturated carbocycles. The first kappa shape index (κ1) is 14.3. The molecule has 0 N–H and O–H groups in total. The van der Waals surface area contributed by atoms with E-state index in [1.807, 2.05) is 6.08 Å². The van der Waals surface area contributed by atoms with Gasteiger partial charge in [-0.15, -0.1) is 0 Å². The third-order valence-corrected chi connectivity index (χ3v) is 8.40. The standard InChI is InChI=1S/C13H22O3S2/c14-17(12-7-3-1-4-8-12)11-18(15,16)13-9-5-2-6-10-13/h9,12H,1-8,10-11H2. The zero-order valence-electron chi connectivity index (χ0n) is 10.8. The van der Waals surface area contributed by atoms with Crippen LogP contribution in [0.5, 0.6) is 0 Å². The van der Waals surface area contributed by atoms with E-state index in [9.17, 15) is 12.6 Å². The van der Waals surface area contributed by atoms with Gasteiger partial charge in [-0.05, 0) is 38.5 Å². The highest BCUT2D eigenvalue weighted by Gasteiger charge is 2.27. The number of allylic oxidation sites excluding steroid dienone is 2. The lowest BCUT2D eigenvalue weighted by Gasteiger charge is -2.21. The largest absolute Gasteiger partial charge is 0.258 e. The SMILES string of the molecule is O=S(CS(=O)(=O)C1=CCCCC1)C1CCCCC1. The zero-order chi connectivity index (χ0) is 13.0. The van der Waals surface area contributed by atoms with Gasteiger partial charge in [0.15, 0.2) is 9.84 Å². The van der Waals surface area contributed by atoms with Crippen LogP contribution in [0.2, 0.25) is 0 Å². The minimum atomic E-state index is -3.27. The minimum absolute atomic E-state index is 0.109. The van der Waals surface area contributed by atoms with Gasteiger partial charge in [-0.3, -0.25) is 4.21 Å². The van der Waals surface area contributed by atoms with E-state index >= 15 is 0 Å². The minimum Gasteiger partial charge on any atom is -0.258 e. The van der Waals surface area contributed by atoms with Gasteiger partial charge in [-0.2, -0.15) is 0 Å². The summed E-state index contributed by atoms with van der Waals surface area (Å²) in [5.74, 6) is 0. The maximum absolute atomic E-state index is 12.2. The Balaban J connectivity index is 1.98. The summed E-state index contributed by atoms with van der Waals surface area (Å²) in [6.45, 7) is 0. The van der Waals surface area contributed by atoms with Crippen molar-refractivity contribution < 1.29 is 12.6 Å². The summed E-state index contributed by atoms with van der Waals surface area (Å²) >= 11 is 0. The molecule has 2 rings (SSSR count). The molecule has 0 bridgehead atoms. The van der Waals surface area contributed by atoms with Crippen LogP contribution < -0.4 is 0 Å². The molecule has 0 heterocycles. The van der Waals surface area contributed by atoms with Gasteiger partial charge in [0.2, 0.25) is 0 Å². The molecule has 1 fully saturated rings. The van der Waals surface area contributed by atoms with Crippen LogP contribution in [-0.2, 0) is 20.6 Å². The van der Waals surface area contributed by atoms with Crippen LogP contribution in [0.1, 0.15) is 57.8 Å². The molecule has 1 atom stereocenters. The fourth-order valence-electron chi connectivity index (χ4n) is 2.74. The molecule has 0 aromatic carbocycles. The Kier molecular flexibility index (Phi) is 5.01. The molecule has 0 spiro atoms. The van der Waals surface area contributed by atoms with Crippen LogP contribution in [0.4, 0.5) is 0 Å².